The van der Waals surface area contributed by atoms with Crippen molar-refractivity contribution in [3.63, 3.8) is 0 Å². The molecule has 2 rings (SSSR count). The van der Waals surface area contributed by atoms with Crippen molar-refractivity contribution >= 4 is 21.7 Å². The van der Waals surface area contributed by atoms with Gasteiger partial charge in [-0.3, -0.25) is 0 Å². The first-order valence-electron chi connectivity index (χ1n) is 6.28. The standard InChI is InChI=1S/C13H20BrN3O/c1-16-5-3-4-12(16)8-17(2)13-10(9-18)6-11(14)7-15-13/h6-7,12,18H,3-5,8-9H2,1-2H3. The third-order valence-corrected chi connectivity index (χ3v) is 4.03. The highest BCUT2D eigenvalue weighted by molar-refractivity contribution is 9.10. The van der Waals surface area contributed by atoms with Crippen LogP contribution in [0.1, 0.15) is 18.4 Å². The molecular formula is C13H20BrN3O. The summed E-state index contributed by atoms with van der Waals surface area (Å²) in [4.78, 5) is 8.96. The molecule has 0 bridgehead atoms. The molecule has 0 radical (unpaired) electrons. The normalized spacial score (nSPS) is 20.3. The maximum Gasteiger partial charge on any atom is 0.133 e. The maximum absolute atomic E-state index is 9.41. The summed E-state index contributed by atoms with van der Waals surface area (Å²) in [5, 5.41) is 9.41. The van der Waals surface area contributed by atoms with Crippen molar-refractivity contribution in [3.8, 4) is 0 Å². The Labute approximate surface area is 117 Å². The highest BCUT2D eigenvalue weighted by Gasteiger charge is 2.23. The van der Waals surface area contributed by atoms with Crippen LogP contribution in [0.25, 0.3) is 0 Å². The van der Waals surface area contributed by atoms with E-state index in [1.54, 1.807) is 6.20 Å². The Hall–Kier alpha value is -0.650. The highest BCUT2D eigenvalue weighted by Crippen LogP contribution is 2.23. The third kappa shape index (κ3) is 3.02. The Bertz CT molecular complexity index is 413. The fourth-order valence-electron chi connectivity index (χ4n) is 2.55. The maximum atomic E-state index is 9.41. The number of hydrogen-bond donors (Lipinski definition) is 1. The van der Waals surface area contributed by atoms with E-state index >= 15 is 0 Å². The van der Waals surface area contributed by atoms with Crippen molar-refractivity contribution in [1.82, 2.24) is 9.88 Å². The van der Waals surface area contributed by atoms with Gasteiger partial charge in [0.05, 0.1) is 6.61 Å². The largest absolute Gasteiger partial charge is 0.392 e. The number of nitrogens with zero attached hydrogens (tertiary/aromatic N) is 3. The molecule has 100 valence electrons. The molecule has 4 nitrogen and oxygen atoms in total. The van der Waals surface area contributed by atoms with Gasteiger partial charge in [-0.05, 0) is 48.4 Å². The third-order valence-electron chi connectivity index (χ3n) is 3.60. The number of anilines is 1. The summed E-state index contributed by atoms with van der Waals surface area (Å²) in [6, 6.07) is 2.52. The molecule has 1 aromatic rings. The molecule has 1 aromatic heterocycles. The SMILES string of the molecule is CN(CC1CCCN1C)c1ncc(Br)cc1CO. The number of rotatable bonds is 4. The van der Waals surface area contributed by atoms with Crippen molar-refractivity contribution in [2.75, 3.05) is 32.1 Å². The Morgan fingerprint density at radius 1 is 1.61 bits per heavy atom. The van der Waals surface area contributed by atoms with Crippen molar-refractivity contribution in [2.45, 2.75) is 25.5 Å². The lowest BCUT2D eigenvalue weighted by Gasteiger charge is -2.27. The van der Waals surface area contributed by atoms with Crippen LogP contribution in [0, 0.1) is 0 Å². The predicted octanol–water partition coefficient (Wildman–Crippen LogP) is 1.87. The van der Waals surface area contributed by atoms with Gasteiger partial charge in [-0.25, -0.2) is 4.98 Å². The molecule has 2 heterocycles. The zero-order valence-electron chi connectivity index (χ0n) is 10.9. The summed E-state index contributed by atoms with van der Waals surface area (Å²) in [6.45, 7) is 2.16. The van der Waals surface area contributed by atoms with Crippen molar-refractivity contribution in [1.29, 1.82) is 0 Å². The summed E-state index contributed by atoms with van der Waals surface area (Å²) in [5.41, 5.74) is 0.868. The minimum atomic E-state index is 0.0205. The van der Waals surface area contributed by atoms with E-state index in [-0.39, 0.29) is 6.61 Å². The second-order valence-electron chi connectivity index (χ2n) is 4.95. The number of halogens is 1. The van der Waals surface area contributed by atoms with Crippen LogP contribution < -0.4 is 4.90 Å². The Kier molecular flexibility index (Phi) is 4.59. The van der Waals surface area contributed by atoms with E-state index < -0.39 is 0 Å². The first-order chi connectivity index (χ1) is 8.61. The molecule has 18 heavy (non-hydrogen) atoms. The van der Waals surface area contributed by atoms with Gasteiger partial charge in [-0.15, -0.1) is 0 Å². The van der Waals surface area contributed by atoms with Crippen LogP contribution in [0.3, 0.4) is 0 Å². The second-order valence-corrected chi connectivity index (χ2v) is 5.87. The Balaban J connectivity index is 2.10. The van der Waals surface area contributed by atoms with Crippen LogP contribution in [0.4, 0.5) is 5.82 Å². The van der Waals surface area contributed by atoms with Gasteiger partial charge in [0.25, 0.3) is 0 Å². The number of hydrogen-bond acceptors (Lipinski definition) is 4. The molecule has 1 aliphatic rings. The molecule has 0 amide bonds. The Morgan fingerprint density at radius 2 is 2.39 bits per heavy atom. The zero-order valence-corrected chi connectivity index (χ0v) is 12.5. The fraction of sp³-hybridized carbons (Fsp3) is 0.615. The number of likely N-dealkylation sites (N-methyl/N-ethyl adjacent to an activating group) is 2. The second kappa shape index (κ2) is 5.99. The van der Waals surface area contributed by atoms with E-state index in [1.807, 2.05) is 13.1 Å². The molecule has 1 atom stereocenters. The molecule has 1 fully saturated rings. The van der Waals surface area contributed by atoms with Gasteiger partial charge in [0.15, 0.2) is 0 Å². The van der Waals surface area contributed by atoms with E-state index in [9.17, 15) is 5.11 Å². The molecule has 0 spiro atoms. The van der Waals surface area contributed by atoms with E-state index in [1.165, 1.54) is 19.4 Å². The summed E-state index contributed by atoms with van der Waals surface area (Å²) >= 11 is 3.38. The summed E-state index contributed by atoms with van der Waals surface area (Å²) < 4.78 is 0.904. The van der Waals surface area contributed by atoms with E-state index in [2.05, 4.69) is 37.8 Å². The lowest BCUT2D eigenvalue weighted by Crippen LogP contribution is -2.37. The fourth-order valence-corrected chi connectivity index (χ4v) is 2.93. The number of likely N-dealkylation sites (tertiary alicyclic amines) is 1. The molecule has 1 saturated heterocycles. The topological polar surface area (TPSA) is 39.6 Å². The van der Waals surface area contributed by atoms with Crippen molar-refractivity contribution in [2.24, 2.45) is 0 Å². The Morgan fingerprint density at radius 3 is 3.00 bits per heavy atom. The van der Waals surface area contributed by atoms with Crippen LogP contribution in [0.15, 0.2) is 16.7 Å². The molecule has 1 unspecified atom stereocenters. The summed E-state index contributed by atoms with van der Waals surface area (Å²) in [7, 11) is 4.22. The molecular weight excluding hydrogens is 294 g/mol. The average molecular weight is 314 g/mol. The monoisotopic (exact) mass is 313 g/mol. The molecule has 1 N–H and O–H groups in total. The summed E-state index contributed by atoms with van der Waals surface area (Å²) in [5.74, 6) is 0.876. The van der Waals surface area contributed by atoms with Crippen molar-refractivity contribution in [3.05, 3.63) is 22.3 Å². The number of aliphatic hydroxyl groups is 1. The van der Waals surface area contributed by atoms with E-state index in [0.29, 0.717) is 6.04 Å². The smallest absolute Gasteiger partial charge is 0.133 e. The van der Waals surface area contributed by atoms with Crippen LogP contribution >= 0.6 is 15.9 Å². The summed E-state index contributed by atoms with van der Waals surface area (Å²) in [6.07, 6.45) is 4.30. The van der Waals surface area contributed by atoms with Gasteiger partial charge in [0.2, 0.25) is 0 Å². The first-order valence-corrected chi connectivity index (χ1v) is 7.07. The van der Waals surface area contributed by atoms with E-state index in [4.69, 9.17) is 0 Å². The van der Waals surface area contributed by atoms with Gasteiger partial charge in [-0.2, -0.15) is 0 Å². The zero-order chi connectivity index (χ0) is 13.1. The number of aliphatic hydroxyl groups excluding tert-OH is 1. The predicted molar refractivity (Wildman–Crippen MR) is 76.8 cm³/mol. The average Bonchev–Trinajstić information content (AvgIpc) is 2.74. The minimum absolute atomic E-state index is 0.0205. The van der Waals surface area contributed by atoms with Crippen LogP contribution in [0.5, 0.6) is 0 Å². The van der Waals surface area contributed by atoms with Gasteiger partial charge in [0, 0.05) is 35.9 Å². The van der Waals surface area contributed by atoms with Gasteiger partial charge in [0.1, 0.15) is 5.82 Å². The lowest BCUT2D eigenvalue weighted by molar-refractivity contribution is 0.280. The number of aromatic nitrogens is 1. The van der Waals surface area contributed by atoms with Crippen molar-refractivity contribution < 1.29 is 5.11 Å². The van der Waals surface area contributed by atoms with E-state index in [0.717, 1.165) is 22.4 Å². The molecule has 0 saturated carbocycles. The van der Waals surface area contributed by atoms with Crippen LogP contribution in [-0.4, -0.2) is 48.2 Å². The molecule has 0 aliphatic carbocycles. The molecule has 1 aliphatic heterocycles. The lowest BCUT2D eigenvalue weighted by atomic mass is 10.2. The first kappa shape index (κ1) is 13.8. The molecule has 0 aromatic carbocycles. The van der Waals surface area contributed by atoms with Gasteiger partial charge < -0.3 is 14.9 Å². The number of pyridine rings is 1. The minimum Gasteiger partial charge on any atom is -0.392 e. The molecule has 5 heteroatoms. The quantitative estimate of drug-likeness (QED) is 0.921. The van der Waals surface area contributed by atoms with Gasteiger partial charge in [-0.1, -0.05) is 0 Å². The van der Waals surface area contributed by atoms with Crippen LogP contribution in [-0.2, 0) is 6.61 Å². The van der Waals surface area contributed by atoms with Crippen LogP contribution in [0.2, 0.25) is 0 Å². The highest BCUT2D eigenvalue weighted by atomic mass is 79.9. The van der Waals surface area contributed by atoms with Gasteiger partial charge >= 0.3 is 0 Å².